The van der Waals surface area contributed by atoms with Gasteiger partial charge in [0.15, 0.2) is 5.69 Å². The Labute approximate surface area is 192 Å². The topological polar surface area (TPSA) is 100 Å². The smallest absolute Gasteiger partial charge is 0.276 e. The maximum absolute atomic E-state index is 13.1. The highest BCUT2D eigenvalue weighted by molar-refractivity contribution is 5.93. The van der Waals surface area contributed by atoms with Crippen molar-refractivity contribution in [1.29, 1.82) is 5.26 Å². The number of carbonyl (C=O) groups is 1. The fourth-order valence-electron chi connectivity index (χ4n) is 4.63. The van der Waals surface area contributed by atoms with Gasteiger partial charge in [0.2, 0.25) is 0 Å². The Balaban J connectivity index is 1.45. The van der Waals surface area contributed by atoms with Gasteiger partial charge >= 0.3 is 0 Å². The predicted octanol–water partition coefficient (Wildman–Crippen LogP) is 2.27. The van der Waals surface area contributed by atoms with E-state index in [1.165, 1.54) is 5.56 Å². The van der Waals surface area contributed by atoms with Crippen LogP contribution in [0.5, 0.6) is 0 Å². The van der Waals surface area contributed by atoms with Gasteiger partial charge in [0.25, 0.3) is 5.91 Å². The molecule has 1 amide bonds. The zero-order chi connectivity index (χ0) is 22.9. The zero-order valence-corrected chi connectivity index (χ0v) is 18.7. The summed E-state index contributed by atoms with van der Waals surface area (Å²) < 4.78 is 7.23. The fourth-order valence-corrected chi connectivity index (χ4v) is 4.63. The number of carbonyl (C=O) groups excluding carboxylic acids is 1. The molecule has 2 aliphatic rings. The minimum absolute atomic E-state index is 0.0103. The van der Waals surface area contributed by atoms with Gasteiger partial charge in [-0.15, -0.1) is 5.10 Å². The van der Waals surface area contributed by atoms with E-state index in [0.717, 1.165) is 29.9 Å². The number of aromatic nitrogens is 4. The number of amides is 1. The molecule has 1 fully saturated rings. The molecule has 168 valence electrons. The second-order valence-corrected chi connectivity index (χ2v) is 8.43. The second kappa shape index (κ2) is 8.64. The first-order valence-electron chi connectivity index (χ1n) is 11.1. The summed E-state index contributed by atoms with van der Waals surface area (Å²) in [5, 5.41) is 18.1. The van der Waals surface area contributed by atoms with Crippen molar-refractivity contribution in [1.82, 2.24) is 24.9 Å². The fraction of sp³-hybridized carbons (Fsp3) is 0.375. The van der Waals surface area contributed by atoms with Crippen molar-refractivity contribution >= 4 is 11.7 Å². The van der Waals surface area contributed by atoms with E-state index >= 15 is 0 Å². The minimum Gasteiger partial charge on any atom is -0.377 e. The lowest BCUT2D eigenvalue weighted by Gasteiger charge is -2.32. The highest BCUT2D eigenvalue weighted by atomic mass is 16.5. The summed E-state index contributed by atoms with van der Waals surface area (Å²) in [5.74, 6) is 0.602. The molecule has 9 heteroatoms. The Bertz CT molecular complexity index is 1250. The van der Waals surface area contributed by atoms with Crippen molar-refractivity contribution in [3.05, 3.63) is 64.6 Å². The van der Waals surface area contributed by atoms with E-state index in [0.29, 0.717) is 43.4 Å². The molecule has 5 rings (SSSR count). The van der Waals surface area contributed by atoms with Crippen molar-refractivity contribution in [2.75, 3.05) is 31.2 Å². The molecular formula is C24H25N7O2. The van der Waals surface area contributed by atoms with Crippen LogP contribution >= 0.6 is 0 Å². The molecule has 1 aromatic carbocycles. The summed E-state index contributed by atoms with van der Waals surface area (Å²) in [6.45, 7) is 6.89. The van der Waals surface area contributed by atoms with Gasteiger partial charge in [0, 0.05) is 25.8 Å². The Kier molecular flexibility index (Phi) is 5.52. The van der Waals surface area contributed by atoms with Crippen molar-refractivity contribution in [2.45, 2.75) is 32.9 Å². The average molecular weight is 444 g/mol. The van der Waals surface area contributed by atoms with Crippen LogP contribution in [0.4, 0.5) is 5.82 Å². The third-order valence-electron chi connectivity index (χ3n) is 6.40. The lowest BCUT2D eigenvalue weighted by atomic mass is 9.97. The first-order valence-corrected chi connectivity index (χ1v) is 11.1. The van der Waals surface area contributed by atoms with E-state index in [9.17, 15) is 10.1 Å². The van der Waals surface area contributed by atoms with Gasteiger partial charge in [0.05, 0.1) is 36.2 Å². The zero-order valence-electron chi connectivity index (χ0n) is 18.7. The number of fused-ring (bicyclic) bond motifs is 1. The van der Waals surface area contributed by atoms with Gasteiger partial charge in [0.1, 0.15) is 11.9 Å². The molecule has 33 heavy (non-hydrogen) atoms. The van der Waals surface area contributed by atoms with Crippen LogP contribution in [0.3, 0.4) is 0 Å². The summed E-state index contributed by atoms with van der Waals surface area (Å²) in [5.41, 5.74) is 4.95. The van der Waals surface area contributed by atoms with E-state index in [-0.39, 0.29) is 11.9 Å². The minimum atomic E-state index is -0.107. The molecule has 0 spiro atoms. The van der Waals surface area contributed by atoms with E-state index < -0.39 is 0 Å². The quantitative estimate of drug-likeness (QED) is 0.612. The van der Waals surface area contributed by atoms with Gasteiger partial charge in [-0.3, -0.25) is 4.79 Å². The Morgan fingerprint density at radius 3 is 2.94 bits per heavy atom. The molecule has 0 saturated carbocycles. The highest BCUT2D eigenvalue weighted by Crippen LogP contribution is 2.29. The molecular weight excluding hydrogens is 418 g/mol. The summed E-state index contributed by atoms with van der Waals surface area (Å²) in [4.78, 5) is 21.5. The summed E-state index contributed by atoms with van der Waals surface area (Å²) in [7, 11) is 0. The van der Waals surface area contributed by atoms with E-state index in [4.69, 9.17) is 4.74 Å². The first-order chi connectivity index (χ1) is 16.1. The third-order valence-corrected chi connectivity index (χ3v) is 6.40. The average Bonchev–Trinajstić information content (AvgIpc) is 3.24. The predicted molar refractivity (Wildman–Crippen MR) is 121 cm³/mol. The standard InChI is InChI=1S/C24H25N7O2/c1-16-15-33-12-11-30(16)24(32)22-17(2)31(28-27-22)21-7-3-5-19-14-29(10-8-20(19)21)23-18(13-25)6-4-9-26-23/h3-7,9,16H,8,10-12,14-15H2,1-2H3. The lowest BCUT2D eigenvalue weighted by molar-refractivity contribution is 0.00322. The molecule has 0 radical (unpaired) electrons. The van der Waals surface area contributed by atoms with Gasteiger partial charge < -0.3 is 14.5 Å². The van der Waals surface area contributed by atoms with Gasteiger partial charge in [-0.2, -0.15) is 5.26 Å². The van der Waals surface area contributed by atoms with Crippen LogP contribution in [0.1, 0.15) is 39.8 Å². The van der Waals surface area contributed by atoms with Crippen molar-refractivity contribution in [2.24, 2.45) is 0 Å². The van der Waals surface area contributed by atoms with Crippen LogP contribution in [0.15, 0.2) is 36.5 Å². The summed E-state index contributed by atoms with van der Waals surface area (Å²) in [6.07, 6.45) is 2.49. The van der Waals surface area contributed by atoms with Crippen molar-refractivity contribution in [3.8, 4) is 11.8 Å². The number of morpholine rings is 1. The number of rotatable bonds is 3. The molecule has 1 saturated heterocycles. The molecule has 0 aliphatic carbocycles. The lowest BCUT2D eigenvalue weighted by Crippen LogP contribution is -2.47. The Morgan fingerprint density at radius 2 is 2.12 bits per heavy atom. The number of anilines is 1. The Morgan fingerprint density at radius 1 is 1.24 bits per heavy atom. The van der Waals surface area contributed by atoms with Gasteiger partial charge in [-0.1, -0.05) is 17.3 Å². The van der Waals surface area contributed by atoms with E-state index in [1.54, 1.807) is 23.0 Å². The van der Waals surface area contributed by atoms with Crippen LogP contribution in [-0.2, 0) is 17.7 Å². The molecule has 4 heterocycles. The second-order valence-electron chi connectivity index (χ2n) is 8.43. The summed E-state index contributed by atoms with van der Waals surface area (Å²) in [6, 6.07) is 11.9. The highest BCUT2D eigenvalue weighted by Gasteiger charge is 2.30. The molecule has 2 aromatic heterocycles. The summed E-state index contributed by atoms with van der Waals surface area (Å²) >= 11 is 0. The molecule has 3 aromatic rings. The maximum Gasteiger partial charge on any atom is 0.276 e. The molecule has 0 N–H and O–H groups in total. The SMILES string of the molecule is Cc1c(C(=O)N2CCOCC2C)nnn1-c1cccc2c1CCN(c1ncccc1C#N)C2. The monoisotopic (exact) mass is 443 g/mol. The molecule has 1 unspecified atom stereocenters. The first kappa shape index (κ1) is 21.1. The number of pyridine rings is 1. The number of hydrogen-bond acceptors (Lipinski definition) is 7. The van der Waals surface area contributed by atoms with Gasteiger partial charge in [-0.25, -0.2) is 9.67 Å². The largest absolute Gasteiger partial charge is 0.377 e. The van der Waals surface area contributed by atoms with Crippen molar-refractivity contribution < 1.29 is 9.53 Å². The Hall–Kier alpha value is -3.77. The number of nitrogens with zero attached hydrogens (tertiary/aromatic N) is 7. The van der Waals surface area contributed by atoms with Crippen LogP contribution < -0.4 is 4.90 Å². The number of benzene rings is 1. The van der Waals surface area contributed by atoms with Crippen LogP contribution in [0, 0.1) is 18.3 Å². The molecule has 2 aliphatic heterocycles. The molecule has 9 nitrogen and oxygen atoms in total. The molecule has 1 atom stereocenters. The van der Waals surface area contributed by atoms with E-state index in [2.05, 4.69) is 32.3 Å². The number of ether oxygens (including phenoxy) is 1. The van der Waals surface area contributed by atoms with Crippen molar-refractivity contribution in [3.63, 3.8) is 0 Å². The normalized spacial score (nSPS) is 18.0. The molecule has 0 bridgehead atoms. The number of hydrogen-bond donors (Lipinski definition) is 0. The number of nitriles is 1. The maximum atomic E-state index is 13.1. The van der Waals surface area contributed by atoms with Crippen LogP contribution in [0.2, 0.25) is 0 Å². The third kappa shape index (κ3) is 3.72. The van der Waals surface area contributed by atoms with Gasteiger partial charge in [-0.05, 0) is 49.6 Å². The van der Waals surface area contributed by atoms with E-state index in [1.807, 2.05) is 30.9 Å². The van der Waals surface area contributed by atoms with Crippen LogP contribution in [0.25, 0.3) is 5.69 Å². The van der Waals surface area contributed by atoms with Crippen LogP contribution in [-0.4, -0.2) is 63.1 Å².